The first-order valence-electron chi connectivity index (χ1n) is 6.24. The van der Waals surface area contributed by atoms with Gasteiger partial charge in [0.05, 0.1) is 5.56 Å². The van der Waals surface area contributed by atoms with Crippen LogP contribution in [0, 0.1) is 0 Å². The van der Waals surface area contributed by atoms with Gasteiger partial charge in [-0.3, -0.25) is 4.98 Å². The van der Waals surface area contributed by atoms with E-state index in [9.17, 15) is 4.79 Å². The molecule has 1 aromatic heterocycles. The molecule has 0 N–H and O–H groups in total. The van der Waals surface area contributed by atoms with E-state index in [0.29, 0.717) is 16.3 Å². The molecule has 0 saturated carbocycles. The molecule has 1 aromatic carbocycles. The third-order valence-electron chi connectivity index (χ3n) is 2.96. The average molecular weight is 291 g/mol. The molecule has 0 aliphatic carbocycles. The molecule has 0 fully saturated rings. The Bertz CT molecular complexity index is 599. The van der Waals surface area contributed by atoms with Gasteiger partial charge in [0.15, 0.2) is 5.75 Å². The van der Waals surface area contributed by atoms with Gasteiger partial charge < -0.3 is 9.64 Å². The van der Waals surface area contributed by atoms with Crippen molar-refractivity contribution in [1.29, 1.82) is 0 Å². The molecule has 0 saturated heterocycles. The summed E-state index contributed by atoms with van der Waals surface area (Å²) in [6.45, 7) is 2.96. The van der Waals surface area contributed by atoms with Gasteiger partial charge in [-0.15, -0.1) is 0 Å². The number of pyridine rings is 1. The van der Waals surface area contributed by atoms with Crippen LogP contribution < -0.4 is 9.64 Å². The van der Waals surface area contributed by atoms with Crippen molar-refractivity contribution in [3.05, 3.63) is 53.3 Å². The zero-order chi connectivity index (χ0) is 14.5. The molecule has 0 spiro atoms. The van der Waals surface area contributed by atoms with E-state index in [0.717, 1.165) is 12.2 Å². The van der Waals surface area contributed by atoms with Crippen molar-refractivity contribution < 1.29 is 9.53 Å². The number of carbonyl (C=O) groups excluding carboxylic acids is 1. The van der Waals surface area contributed by atoms with E-state index >= 15 is 0 Å². The summed E-state index contributed by atoms with van der Waals surface area (Å²) in [5.41, 5.74) is 1.53. The number of nitrogens with zero attached hydrogens (tertiary/aromatic N) is 2. The highest BCUT2D eigenvalue weighted by Crippen LogP contribution is 2.23. The lowest BCUT2D eigenvalue weighted by Crippen LogP contribution is -2.16. The molecule has 0 aliphatic rings. The van der Waals surface area contributed by atoms with E-state index in [4.69, 9.17) is 16.3 Å². The standard InChI is InChI=1S/C15H15ClN2O2/c1-3-18(2)12-6-4-11(5-7-12)15(19)20-14-8-9-17-10-13(14)16/h4-10H,3H2,1-2H3. The molecular weight excluding hydrogens is 276 g/mol. The first-order chi connectivity index (χ1) is 9.61. The summed E-state index contributed by atoms with van der Waals surface area (Å²) >= 11 is 5.89. The molecule has 2 rings (SSSR count). The minimum atomic E-state index is -0.441. The van der Waals surface area contributed by atoms with Crippen LogP contribution in [0.1, 0.15) is 17.3 Å². The Hall–Kier alpha value is -2.07. The van der Waals surface area contributed by atoms with Crippen LogP contribution in [-0.2, 0) is 0 Å². The van der Waals surface area contributed by atoms with E-state index in [1.165, 1.54) is 12.4 Å². The van der Waals surface area contributed by atoms with Gasteiger partial charge >= 0.3 is 5.97 Å². The highest BCUT2D eigenvalue weighted by atomic mass is 35.5. The first-order valence-corrected chi connectivity index (χ1v) is 6.62. The summed E-state index contributed by atoms with van der Waals surface area (Å²) < 4.78 is 5.23. The Kier molecular flexibility index (Phi) is 4.58. The lowest BCUT2D eigenvalue weighted by atomic mass is 10.2. The van der Waals surface area contributed by atoms with Gasteiger partial charge in [0, 0.05) is 37.7 Å². The predicted octanol–water partition coefficient (Wildman–Crippen LogP) is 3.41. The van der Waals surface area contributed by atoms with Crippen LogP contribution in [0.2, 0.25) is 5.02 Å². The van der Waals surface area contributed by atoms with Gasteiger partial charge in [0.1, 0.15) is 5.02 Å². The Labute approximate surface area is 123 Å². The monoisotopic (exact) mass is 290 g/mol. The zero-order valence-electron chi connectivity index (χ0n) is 11.3. The summed E-state index contributed by atoms with van der Waals surface area (Å²) in [6.07, 6.45) is 2.96. The topological polar surface area (TPSA) is 42.4 Å². The Morgan fingerprint density at radius 1 is 1.30 bits per heavy atom. The maximum Gasteiger partial charge on any atom is 0.343 e. The number of anilines is 1. The van der Waals surface area contributed by atoms with Crippen molar-refractivity contribution in [3.8, 4) is 5.75 Å². The lowest BCUT2D eigenvalue weighted by molar-refractivity contribution is 0.0735. The smallest absolute Gasteiger partial charge is 0.343 e. The summed E-state index contributed by atoms with van der Waals surface area (Å²) in [5, 5.41) is 0.309. The number of hydrogen-bond acceptors (Lipinski definition) is 4. The third-order valence-corrected chi connectivity index (χ3v) is 3.24. The summed E-state index contributed by atoms with van der Waals surface area (Å²) in [5.74, 6) is -0.134. The van der Waals surface area contributed by atoms with Gasteiger partial charge in [-0.2, -0.15) is 0 Å². The fourth-order valence-electron chi connectivity index (χ4n) is 1.64. The van der Waals surface area contributed by atoms with Crippen LogP contribution >= 0.6 is 11.6 Å². The lowest BCUT2D eigenvalue weighted by Gasteiger charge is -2.16. The molecule has 0 unspecified atom stereocenters. The summed E-state index contributed by atoms with van der Waals surface area (Å²) in [6, 6.07) is 8.79. The van der Waals surface area contributed by atoms with E-state index in [1.807, 2.05) is 19.2 Å². The Balaban J connectivity index is 2.12. The number of rotatable bonds is 4. The quantitative estimate of drug-likeness (QED) is 0.809. The van der Waals surface area contributed by atoms with Crippen molar-refractivity contribution in [2.24, 2.45) is 0 Å². The van der Waals surface area contributed by atoms with Crippen molar-refractivity contribution in [1.82, 2.24) is 4.98 Å². The number of hydrogen-bond donors (Lipinski definition) is 0. The Morgan fingerprint density at radius 3 is 2.60 bits per heavy atom. The highest BCUT2D eigenvalue weighted by molar-refractivity contribution is 6.32. The third kappa shape index (κ3) is 3.27. The summed E-state index contributed by atoms with van der Waals surface area (Å²) in [7, 11) is 1.99. The van der Waals surface area contributed by atoms with E-state index < -0.39 is 5.97 Å². The molecule has 104 valence electrons. The maximum atomic E-state index is 12.0. The molecule has 2 aromatic rings. The van der Waals surface area contributed by atoms with Gasteiger partial charge in [0.2, 0.25) is 0 Å². The number of halogens is 1. The second-order valence-corrected chi connectivity index (χ2v) is 4.66. The molecule has 0 amide bonds. The molecule has 0 aliphatic heterocycles. The Morgan fingerprint density at radius 2 is 2.00 bits per heavy atom. The summed E-state index contributed by atoms with van der Waals surface area (Å²) in [4.78, 5) is 17.9. The molecule has 0 atom stereocenters. The minimum absolute atomic E-state index is 0.307. The van der Waals surface area contributed by atoms with Gasteiger partial charge in [-0.25, -0.2) is 4.79 Å². The zero-order valence-corrected chi connectivity index (χ0v) is 12.1. The number of aromatic nitrogens is 1. The molecule has 0 radical (unpaired) electrons. The largest absolute Gasteiger partial charge is 0.421 e. The van der Waals surface area contributed by atoms with Crippen molar-refractivity contribution in [2.75, 3.05) is 18.5 Å². The predicted molar refractivity (Wildman–Crippen MR) is 79.6 cm³/mol. The number of benzene rings is 1. The average Bonchev–Trinajstić information content (AvgIpc) is 2.49. The van der Waals surface area contributed by atoms with Gasteiger partial charge in [0.25, 0.3) is 0 Å². The van der Waals surface area contributed by atoms with Crippen LogP contribution in [0.15, 0.2) is 42.7 Å². The van der Waals surface area contributed by atoms with Crippen molar-refractivity contribution >= 4 is 23.3 Å². The van der Waals surface area contributed by atoms with Crippen LogP contribution in [0.4, 0.5) is 5.69 Å². The minimum Gasteiger partial charge on any atom is -0.421 e. The molecule has 20 heavy (non-hydrogen) atoms. The van der Waals surface area contributed by atoms with Crippen LogP contribution in [0.25, 0.3) is 0 Å². The van der Waals surface area contributed by atoms with Crippen molar-refractivity contribution in [3.63, 3.8) is 0 Å². The highest BCUT2D eigenvalue weighted by Gasteiger charge is 2.11. The van der Waals surface area contributed by atoms with Gasteiger partial charge in [-0.1, -0.05) is 11.6 Å². The second-order valence-electron chi connectivity index (χ2n) is 4.26. The number of carbonyl (C=O) groups is 1. The number of esters is 1. The van der Waals surface area contributed by atoms with E-state index in [1.54, 1.807) is 18.2 Å². The van der Waals surface area contributed by atoms with Crippen molar-refractivity contribution in [2.45, 2.75) is 6.92 Å². The van der Waals surface area contributed by atoms with E-state index in [2.05, 4.69) is 16.8 Å². The molecule has 5 heteroatoms. The fourth-order valence-corrected chi connectivity index (χ4v) is 1.80. The molecular formula is C15H15ClN2O2. The molecule has 0 bridgehead atoms. The second kappa shape index (κ2) is 6.39. The maximum absolute atomic E-state index is 12.0. The van der Waals surface area contributed by atoms with Crippen LogP contribution in [-0.4, -0.2) is 24.5 Å². The fraction of sp³-hybridized carbons (Fsp3) is 0.200. The SMILES string of the molecule is CCN(C)c1ccc(C(=O)Oc2ccncc2Cl)cc1. The van der Waals surface area contributed by atoms with Gasteiger partial charge in [-0.05, 0) is 31.2 Å². The van der Waals surface area contributed by atoms with E-state index in [-0.39, 0.29) is 0 Å². The number of ether oxygens (including phenoxy) is 1. The normalized spacial score (nSPS) is 10.2. The first kappa shape index (κ1) is 14.3. The van der Waals surface area contributed by atoms with Crippen LogP contribution in [0.3, 0.4) is 0 Å². The van der Waals surface area contributed by atoms with Crippen LogP contribution in [0.5, 0.6) is 5.75 Å². The molecule has 4 nitrogen and oxygen atoms in total. The molecule has 1 heterocycles.